The second-order valence-electron chi connectivity index (χ2n) is 8.64. The van der Waals surface area contributed by atoms with Gasteiger partial charge < -0.3 is 10.1 Å². The van der Waals surface area contributed by atoms with Crippen LogP contribution in [0, 0.1) is 10.8 Å². The van der Waals surface area contributed by atoms with E-state index in [0.29, 0.717) is 19.6 Å². The molecule has 5 heteroatoms. The molecule has 2 atom stereocenters. The Hall–Kier alpha value is -2.27. The van der Waals surface area contributed by atoms with E-state index < -0.39 is 0 Å². The maximum atomic E-state index is 13.2. The summed E-state index contributed by atoms with van der Waals surface area (Å²) in [7, 11) is 0. The molecule has 1 aromatic carbocycles. The Morgan fingerprint density at radius 1 is 1.19 bits per heavy atom. The number of Topliss-reactive ketones (excluding diaryl/α,β-unsaturated/α-hetero) is 1. The Balaban J connectivity index is 1.60. The molecular weight excluding hydrogens is 326 g/mol. The number of rotatable bonds is 1. The fraction of sp³-hybridized carbons (Fsp3) is 0.476. The van der Waals surface area contributed by atoms with E-state index in [-0.39, 0.29) is 22.7 Å². The SMILES string of the molecule is CC1(C)CC(=O)C2=C(C1)NC1=C(CN=N1)[C@@]21CO[C@H](c2ccccc2)C1. The molecule has 1 saturated heterocycles. The molecule has 26 heavy (non-hydrogen) atoms. The van der Waals surface area contributed by atoms with Crippen LogP contribution in [-0.4, -0.2) is 18.9 Å². The van der Waals surface area contributed by atoms with Crippen LogP contribution in [0.1, 0.15) is 44.8 Å². The molecule has 5 nitrogen and oxygen atoms in total. The van der Waals surface area contributed by atoms with Gasteiger partial charge in [0.1, 0.15) is 0 Å². The van der Waals surface area contributed by atoms with Crippen LogP contribution in [0.5, 0.6) is 0 Å². The Kier molecular flexibility index (Phi) is 3.29. The first-order valence-corrected chi connectivity index (χ1v) is 9.30. The van der Waals surface area contributed by atoms with Crippen molar-refractivity contribution < 1.29 is 9.53 Å². The van der Waals surface area contributed by atoms with Crippen molar-refractivity contribution >= 4 is 5.78 Å². The van der Waals surface area contributed by atoms with Crippen molar-refractivity contribution in [3.63, 3.8) is 0 Å². The number of nitrogens with zero attached hydrogens (tertiary/aromatic N) is 2. The lowest BCUT2D eigenvalue weighted by Gasteiger charge is -2.43. The van der Waals surface area contributed by atoms with Gasteiger partial charge in [-0.2, -0.15) is 5.11 Å². The molecule has 3 aliphatic heterocycles. The van der Waals surface area contributed by atoms with Gasteiger partial charge >= 0.3 is 0 Å². The van der Waals surface area contributed by atoms with Crippen molar-refractivity contribution in [2.24, 2.45) is 21.1 Å². The zero-order chi connectivity index (χ0) is 17.9. The van der Waals surface area contributed by atoms with Gasteiger partial charge in [0.15, 0.2) is 11.6 Å². The van der Waals surface area contributed by atoms with Crippen LogP contribution in [0.3, 0.4) is 0 Å². The number of dihydropyridines is 1. The third-order valence-corrected chi connectivity index (χ3v) is 6.12. The average molecular weight is 349 g/mol. The molecule has 0 aromatic heterocycles. The average Bonchev–Trinajstić information content (AvgIpc) is 3.22. The summed E-state index contributed by atoms with van der Waals surface area (Å²) in [4.78, 5) is 13.2. The number of azo groups is 1. The lowest BCUT2D eigenvalue weighted by atomic mass is 9.62. The summed E-state index contributed by atoms with van der Waals surface area (Å²) in [6.45, 7) is 5.39. The largest absolute Gasteiger partial charge is 0.372 e. The smallest absolute Gasteiger partial charge is 0.162 e. The van der Waals surface area contributed by atoms with Gasteiger partial charge in [-0.05, 0) is 23.8 Å². The fourth-order valence-corrected chi connectivity index (χ4v) is 5.01. The Labute approximate surface area is 153 Å². The second kappa shape index (κ2) is 5.36. The maximum Gasteiger partial charge on any atom is 0.162 e. The molecule has 1 aliphatic carbocycles. The van der Waals surface area contributed by atoms with Crippen LogP contribution in [0.4, 0.5) is 0 Å². The molecule has 134 valence electrons. The Morgan fingerprint density at radius 2 is 2.00 bits per heavy atom. The Morgan fingerprint density at radius 3 is 2.81 bits per heavy atom. The summed E-state index contributed by atoms with van der Waals surface area (Å²) in [6, 6.07) is 10.3. The van der Waals surface area contributed by atoms with E-state index in [9.17, 15) is 4.79 Å². The summed E-state index contributed by atoms with van der Waals surface area (Å²) in [5.74, 6) is 1.09. The van der Waals surface area contributed by atoms with Gasteiger partial charge in [-0.3, -0.25) is 4.79 Å². The van der Waals surface area contributed by atoms with Gasteiger partial charge in [0.05, 0.1) is 24.7 Å². The number of carbonyl (C=O) groups is 1. The highest BCUT2D eigenvalue weighted by Gasteiger charge is 2.55. The first-order valence-electron chi connectivity index (χ1n) is 9.30. The lowest BCUT2D eigenvalue weighted by Crippen LogP contribution is -2.44. The molecule has 1 spiro atoms. The van der Waals surface area contributed by atoms with Crippen molar-refractivity contribution in [3.8, 4) is 0 Å². The second-order valence-corrected chi connectivity index (χ2v) is 8.64. The van der Waals surface area contributed by atoms with E-state index in [1.807, 2.05) is 18.2 Å². The highest BCUT2D eigenvalue weighted by molar-refractivity contribution is 6.00. The summed E-state index contributed by atoms with van der Waals surface area (Å²) < 4.78 is 6.26. The van der Waals surface area contributed by atoms with Crippen molar-refractivity contribution in [3.05, 3.63) is 58.6 Å². The van der Waals surface area contributed by atoms with Gasteiger partial charge in [0.2, 0.25) is 0 Å². The maximum absolute atomic E-state index is 13.2. The van der Waals surface area contributed by atoms with Crippen LogP contribution in [0.25, 0.3) is 0 Å². The summed E-state index contributed by atoms with van der Waals surface area (Å²) in [5.41, 5.74) is 3.85. The zero-order valence-corrected chi connectivity index (χ0v) is 15.2. The summed E-state index contributed by atoms with van der Waals surface area (Å²) >= 11 is 0. The minimum absolute atomic E-state index is 0.000127. The standard InChI is InChI=1S/C21H23N3O2/c1-20(2)8-15-18(16(25)9-20)21(14-11-22-24-19(14)23-15)10-17(26-12-21)13-6-4-3-5-7-13/h3-7,17,23H,8-12H2,1-2H3/t17-,21+/m0/s1. The fourth-order valence-electron chi connectivity index (χ4n) is 5.01. The molecule has 0 saturated carbocycles. The molecule has 3 heterocycles. The van der Waals surface area contributed by atoms with Crippen LogP contribution in [0.15, 0.2) is 63.2 Å². The molecule has 1 fully saturated rings. The highest BCUT2D eigenvalue weighted by atomic mass is 16.5. The number of ether oxygens (including phenoxy) is 1. The van der Waals surface area contributed by atoms with Crippen LogP contribution in [-0.2, 0) is 9.53 Å². The first-order chi connectivity index (χ1) is 12.5. The topological polar surface area (TPSA) is 63.0 Å². The normalized spacial score (nSPS) is 32.1. The predicted octanol–water partition coefficient (Wildman–Crippen LogP) is 4.06. The zero-order valence-electron chi connectivity index (χ0n) is 15.2. The quantitative estimate of drug-likeness (QED) is 0.832. The number of hydrogen-bond acceptors (Lipinski definition) is 5. The number of benzene rings is 1. The van der Waals surface area contributed by atoms with Crippen molar-refractivity contribution in [2.75, 3.05) is 13.2 Å². The molecule has 0 amide bonds. The molecule has 5 rings (SSSR count). The Bertz CT molecular complexity index is 882. The number of fused-ring (bicyclic) bond motifs is 2. The van der Waals surface area contributed by atoms with E-state index in [4.69, 9.17) is 4.74 Å². The predicted molar refractivity (Wildman–Crippen MR) is 97.1 cm³/mol. The van der Waals surface area contributed by atoms with Crippen molar-refractivity contribution in [1.29, 1.82) is 0 Å². The highest BCUT2D eigenvalue weighted by Crippen LogP contribution is 2.57. The number of carbonyl (C=O) groups excluding carboxylic acids is 1. The van der Waals surface area contributed by atoms with Gasteiger partial charge in [-0.15, -0.1) is 5.11 Å². The molecule has 1 aromatic rings. The van der Waals surface area contributed by atoms with E-state index in [1.165, 1.54) is 5.56 Å². The first kappa shape index (κ1) is 15.9. The van der Waals surface area contributed by atoms with Gasteiger partial charge in [0, 0.05) is 23.3 Å². The van der Waals surface area contributed by atoms with Gasteiger partial charge in [-0.25, -0.2) is 0 Å². The van der Waals surface area contributed by atoms with E-state index in [2.05, 4.69) is 41.5 Å². The van der Waals surface area contributed by atoms with Gasteiger partial charge in [0.25, 0.3) is 0 Å². The molecule has 1 N–H and O–H groups in total. The summed E-state index contributed by atoms with van der Waals surface area (Å²) in [6.07, 6.45) is 2.23. The van der Waals surface area contributed by atoms with Crippen molar-refractivity contribution in [2.45, 2.75) is 39.2 Å². The van der Waals surface area contributed by atoms with E-state index in [0.717, 1.165) is 35.5 Å². The number of ketones is 1. The lowest BCUT2D eigenvalue weighted by molar-refractivity contribution is -0.119. The van der Waals surface area contributed by atoms with Crippen LogP contribution >= 0.6 is 0 Å². The minimum atomic E-state index is -0.381. The number of allylic oxidation sites excluding steroid dienone is 1. The monoisotopic (exact) mass is 349 g/mol. The number of hydrogen-bond donors (Lipinski definition) is 1. The molecular formula is C21H23N3O2. The third-order valence-electron chi connectivity index (χ3n) is 6.12. The van der Waals surface area contributed by atoms with Crippen molar-refractivity contribution in [1.82, 2.24) is 5.32 Å². The molecule has 0 unspecified atom stereocenters. The van der Waals surface area contributed by atoms with E-state index >= 15 is 0 Å². The molecule has 4 aliphatic rings. The van der Waals surface area contributed by atoms with Crippen LogP contribution < -0.4 is 5.32 Å². The molecule has 0 bridgehead atoms. The van der Waals surface area contributed by atoms with Crippen LogP contribution in [0.2, 0.25) is 0 Å². The number of nitrogens with one attached hydrogen (secondary N) is 1. The van der Waals surface area contributed by atoms with E-state index in [1.54, 1.807) is 0 Å². The molecule has 0 radical (unpaired) electrons. The third kappa shape index (κ3) is 2.23. The summed E-state index contributed by atoms with van der Waals surface area (Å²) in [5, 5.41) is 12.0. The van der Waals surface area contributed by atoms with Gasteiger partial charge in [-0.1, -0.05) is 44.2 Å². The minimum Gasteiger partial charge on any atom is -0.372 e.